The SMILES string of the molecule is N=C(N)c1ccc(C[C@H]2C(=O)N(c3ccccc3)C(=O)N2Cc2cccc3ccccc23)cc1. The lowest BCUT2D eigenvalue weighted by molar-refractivity contribution is -0.119. The van der Waals surface area contributed by atoms with Gasteiger partial charge in [0.15, 0.2) is 0 Å². The van der Waals surface area contributed by atoms with Crippen LogP contribution in [0.15, 0.2) is 97.1 Å². The van der Waals surface area contributed by atoms with E-state index in [-0.39, 0.29) is 17.8 Å². The summed E-state index contributed by atoms with van der Waals surface area (Å²) >= 11 is 0. The van der Waals surface area contributed by atoms with Gasteiger partial charge in [-0.2, -0.15) is 0 Å². The Morgan fingerprint density at radius 1 is 0.824 bits per heavy atom. The van der Waals surface area contributed by atoms with Crippen LogP contribution in [0.3, 0.4) is 0 Å². The molecule has 4 aromatic rings. The van der Waals surface area contributed by atoms with Crippen molar-refractivity contribution in [3.8, 4) is 0 Å². The molecule has 6 heteroatoms. The number of anilines is 1. The van der Waals surface area contributed by atoms with Gasteiger partial charge in [-0.15, -0.1) is 0 Å². The first kappa shape index (κ1) is 21.4. The lowest BCUT2D eigenvalue weighted by Crippen LogP contribution is -2.36. The zero-order valence-corrected chi connectivity index (χ0v) is 18.5. The Labute approximate surface area is 197 Å². The van der Waals surface area contributed by atoms with Crippen LogP contribution in [0, 0.1) is 5.41 Å². The zero-order chi connectivity index (χ0) is 23.7. The molecule has 3 N–H and O–H groups in total. The van der Waals surface area contributed by atoms with Gasteiger partial charge >= 0.3 is 6.03 Å². The van der Waals surface area contributed by atoms with Crippen molar-refractivity contribution in [2.45, 2.75) is 19.0 Å². The third kappa shape index (κ3) is 3.90. The van der Waals surface area contributed by atoms with Crippen LogP contribution >= 0.6 is 0 Å². The Bertz CT molecular complexity index is 1380. The summed E-state index contributed by atoms with van der Waals surface area (Å²) in [7, 11) is 0. The van der Waals surface area contributed by atoms with Crippen molar-refractivity contribution in [3.63, 3.8) is 0 Å². The first-order valence-electron chi connectivity index (χ1n) is 11.1. The molecule has 1 fully saturated rings. The summed E-state index contributed by atoms with van der Waals surface area (Å²) in [6.45, 7) is 0.325. The number of fused-ring (bicyclic) bond motifs is 1. The quantitative estimate of drug-likeness (QED) is 0.254. The minimum absolute atomic E-state index is 0.00787. The molecule has 0 saturated carbocycles. The van der Waals surface area contributed by atoms with Gasteiger partial charge in [-0.25, -0.2) is 9.69 Å². The second-order valence-electron chi connectivity index (χ2n) is 8.39. The van der Waals surface area contributed by atoms with E-state index in [9.17, 15) is 9.59 Å². The lowest BCUT2D eigenvalue weighted by Gasteiger charge is -2.23. The highest BCUT2D eigenvalue weighted by molar-refractivity contribution is 6.21. The monoisotopic (exact) mass is 448 g/mol. The van der Waals surface area contributed by atoms with E-state index in [1.165, 1.54) is 4.90 Å². The van der Waals surface area contributed by atoms with E-state index >= 15 is 0 Å². The van der Waals surface area contributed by atoms with Crippen LogP contribution in [-0.4, -0.2) is 28.7 Å². The molecule has 0 radical (unpaired) electrons. The molecule has 1 aliphatic heterocycles. The van der Waals surface area contributed by atoms with E-state index < -0.39 is 6.04 Å². The molecule has 34 heavy (non-hydrogen) atoms. The van der Waals surface area contributed by atoms with Crippen LogP contribution in [0.4, 0.5) is 10.5 Å². The minimum atomic E-state index is -0.644. The van der Waals surface area contributed by atoms with Gasteiger partial charge < -0.3 is 10.6 Å². The second kappa shape index (κ2) is 8.83. The molecular weight excluding hydrogens is 424 g/mol. The molecule has 4 aromatic carbocycles. The van der Waals surface area contributed by atoms with Crippen molar-refractivity contribution in [1.29, 1.82) is 5.41 Å². The minimum Gasteiger partial charge on any atom is -0.384 e. The molecule has 1 heterocycles. The van der Waals surface area contributed by atoms with E-state index in [0.29, 0.717) is 24.2 Å². The molecule has 1 atom stereocenters. The van der Waals surface area contributed by atoms with Crippen LogP contribution in [0.5, 0.6) is 0 Å². The maximum atomic E-state index is 13.6. The van der Waals surface area contributed by atoms with Gasteiger partial charge in [-0.1, -0.05) is 84.9 Å². The summed E-state index contributed by atoms with van der Waals surface area (Å²) < 4.78 is 0. The third-order valence-corrected chi connectivity index (χ3v) is 6.25. The first-order chi connectivity index (χ1) is 16.5. The fraction of sp³-hybridized carbons (Fsp3) is 0.107. The second-order valence-corrected chi connectivity index (χ2v) is 8.39. The number of nitrogens with two attached hydrogens (primary N) is 1. The van der Waals surface area contributed by atoms with Gasteiger partial charge in [0.25, 0.3) is 5.91 Å². The van der Waals surface area contributed by atoms with Crippen molar-refractivity contribution in [2.24, 2.45) is 5.73 Å². The molecule has 0 spiro atoms. The van der Waals surface area contributed by atoms with E-state index in [2.05, 4.69) is 0 Å². The highest BCUT2D eigenvalue weighted by atomic mass is 16.2. The number of rotatable bonds is 6. The molecule has 0 aliphatic carbocycles. The van der Waals surface area contributed by atoms with Gasteiger partial charge in [0.05, 0.1) is 5.69 Å². The van der Waals surface area contributed by atoms with Gasteiger partial charge in [0.1, 0.15) is 11.9 Å². The molecule has 0 bridgehead atoms. The fourth-order valence-corrected chi connectivity index (χ4v) is 4.49. The van der Waals surface area contributed by atoms with Gasteiger partial charge in [0, 0.05) is 18.5 Å². The Morgan fingerprint density at radius 3 is 2.24 bits per heavy atom. The zero-order valence-electron chi connectivity index (χ0n) is 18.5. The summed E-state index contributed by atoms with van der Waals surface area (Å²) in [5.74, 6) is -0.251. The van der Waals surface area contributed by atoms with Gasteiger partial charge in [0.2, 0.25) is 0 Å². The van der Waals surface area contributed by atoms with Crippen molar-refractivity contribution >= 4 is 34.2 Å². The molecule has 3 amide bonds. The summed E-state index contributed by atoms with van der Waals surface area (Å²) in [5.41, 5.74) is 8.65. The fourth-order valence-electron chi connectivity index (χ4n) is 4.49. The molecule has 0 aromatic heterocycles. The third-order valence-electron chi connectivity index (χ3n) is 6.25. The van der Waals surface area contributed by atoms with Crippen molar-refractivity contribution in [2.75, 3.05) is 4.90 Å². The van der Waals surface area contributed by atoms with E-state index in [1.54, 1.807) is 29.2 Å². The van der Waals surface area contributed by atoms with Gasteiger partial charge in [-0.3, -0.25) is 10.2 Å². The number of nitrogen functional groups attached to an aromatic ring is 1. The van der Waals surface area contributed by atoms with Crippen LogP contribution in [-0.2, 0) is 17.8 Å². The van der Waals surface area contributed by atoms with E-state index in [0.717, 1.165) is 21.9 Å². The number of carbonyl (C=O) groups is 2. The Hall–Kier alpha value is -4.45. The number of urea groups is 1. The number of hydrogen-bond acceptors (Lipinski definition) is 3. The smallest absolute Gasteiger partial charge is 0.332 e. The first-order valence-corrected chi connectivity index (χ1v) is 11.1. The van der Waals surface area contributed by atoms with Crippen LogP contribution in [0.1, 0.15) is 16.7 Å². The number of imide groups is 1. The molecule has 1 saturated heterocycles. The van der Waals surface area contributed by atoms with Crippen LogP contribution < -0.4 is 10.6 Å². The summed E-state index contributed by atoms with van der Waals surface area (Å²) in [5, 5.41) is 9.75. The predicted octanol–water partition coefficient (Wildman–Crippen LogP) is 4.70. The number of nitrogens with zero attached hydrogens (tertiary/aromatic N) is 2. The van der Waals surface area contributed by atoms with Crippen molar-refractivity contribution in [3.05, 3.63) is 114 Å². The number of carbonyl (C=O) groups excluding carboxylic acids is 2. The number of amidine groups is 1. The van der Waals surface area contributed by atoms with E-state index in [4.69, 9.17) is 11.1 Å². The molecule has 5 rings (SSSR count). The molecule has 6 nitrogen and oxygen atoms in total. The lowest BCUT2D eigenvalue weighted by atomic mass is 10.0. The highest BCUT2D eigenvalue weighted by Crippen LogP contribution is 2.30. The Balaban J connectivity index is 1.52. The average molecular weight is 449 g/mol. The number of para-hydroxylation sites is 1. The van der Waals surface area contributed by atoms with Gasteiger partial charge in [-0.05, 0) is 34.0 Å². The number of nitrogens with one attached hydrogen (secondary N) is 1. The average Bonchev–Trinajstić information content (AvgIpc) is 3.09. The topological polar surface area (TPSA) is 90.5 Å². The summed E-state index contributed by atoms with van der Waals surface area (Å²) in [4.78, 5) is 30.1. The Kier molecular flexibility index (Phi) is 5.55. The standard InChI is InChI=1S/C28H24N4O2/c29-26(30)21-15-13-19(14-16-21)17-25-27(33)32(23-10-2-1-3-11-23)28(34)31(25)18-22-9-6-8-20-7-4-5-12-24(20)22/h1-16,25H,17-18H2,(H3,29,30)/t25-/m0/s1. The largest absolute Gasteiger partial charge is 0.384 e. The summed E-state index contributed by atoms with van der Waals surface area (Å²) in [6, 6.07) is 29.4. The molecule has 168 valence electrons. The highest BCUT2D eigenvalue weighted by Gasteiger charge is 2.45. The Morgan fingerprint density at radius 2 is 1.50 bits per heavy atom. The normalized spacial score (nSPS) is 15.8. The molecule has 1 aliphatic rings. The van der Waals surface area contributed by atoms with Crippen LogP contribution in [0.2, 0.25) is 0 Å². The number of hydrogen-bond donors (Lipinski definition) is 2. The number of amides is 3. The molecular formula is C28H24N4O2. The summed E-state index contributed by atoms with van der Waals surface area (Å²) in [6.07, 6.45) is 0.372. The van der Waals surface area contributed by atoms with E-state index in [1.807, 2.05) is 72.8 Å². The molecule has 0 unspecified atom stereocenters. The van der Waals surface area contributed by atoms with Crippen LogP contribution in [0.25, 0.3) is 10.8 Å². The van der Waals surface area contributed by atoms with Crippen molar-refractivity contribution < 1.29 is 9.59 Å². The van der Waals surface area contributed by atoms with Crippen molar-refractivity contribution in [1.82, 2.24) is 4.90 Å². The maximum absolute atomic E-state index is 13.6. The maximum Gasteiger partial charge on any atom is 0.332 e. The predicted molar refractivity (Wildman–Crippen MR) is 134 cm³/mol. The number of benzene rings is 4.